The van der Waals surface area contributed by atoms with Crippen LogP contribution in [-0.2, 0) is 0 Å². The van der Waals surface area contributed by atoms with E-state index in [9.17, 15) is 10.1 Å². The Bertz CT molecular complexity index is 640. The summed E-state index contributed by atoms with van der Waals surface area (Å²) in [5, 5.41) is 14.2. The molecule has 0 aliphatic heterocycles. The molecule has 7 heteroatoms. The standard InChI is InChI=1S/C12H9ClN4O2/c13-12(16-14)10-2-1-7-15-11(10)8-3-5-9(6-4-8)17(18)19/h1-7H,14H2. The Hall–Kier alpha value is -2.47. The molecule has 1 heterocycles. The normalized spacial score (nSPS) is 11.3. The zero-order chi connectivity index (χ0) is 13.8. The molecule has 0 saturated heterocycles. The van der Waals surface area contributed by atoms with E-state index in [-0.39, 0.29) is 10.9 Å². The van der Waals surface area contributed by atoms with Gasteiger partial charge in [-0.25, -0.2) is 0 Å². The second-order valence-electron chi connectivity index (χ2n) is 3.62. The molecule has 0 saturated carbocycles. The average Bonchev–Trinajstić information content (AvgIpc) is 2.46. The highest BCUT2D eigenvalue weighted by atomic mass is 35.5. The Labute approximate surface area is 113 Å². The van der Waals surface area contributed by atoms with E-state index in [0.29, 0.717) is 16.8 Å². The van der Waals surface area contributed by atoms with Gasteiger partial charge in [0, 0.05) is 29.5 Å². The molecule has 0 aliphatic carbocycles. The molecule has 0 amide bonds. The number of rotatable bonds is 3. The zero-order valence-corrected chi connectivity index (χ0v) is 10.4. The maximum absolute atomic E-state index is 10.6. The van der Waals surface area contributed by atoms with Gasteiger partial charge < -0.3 is 5.84 Å². The molecule has 2 rings (SSSR count). The van der Waals surface area contributed by atoms with Crippen molar-refractivity contribution in [2.45, 2.75) is 0 Å². The molecule has 2 aromatic rings. The van der Waals surface area contributed by atoms with Crippen LogP contribution in [0.4, 0.5) is 5.69 Å². The molecule has 19 heavy (non-hydrogen) atoms. The lowest BCUT2D eigenvalue weighted by molar-refractivity contribution is -0.384. The summed E-state index contributed by atoms with van der Waals surface area (Å²) in [6.45, 7) is 0. The van der Waals surface area contributed by atoms with Gasteiger partial charge in [-0.15, -0.1) is 0 Å². The first kappa shape index (κ1) is 13.0. The summed E-state index contributed by atoms with van der Waals surface area (Å²) in [4.78, 5) is 14.3. The van der Waals surface area contributed by atoms with Gasteiger partial charge in [0.05, 0.1) is 10.6 Å². The Balaban J connectivity index is 2.50. The highest BCUT2D eigenvalue weighted by molar-refractivity contribution is 6.70. The fourth-order valence-electron chi connectivity index (χ4n) is 1.61. The Kier molecular flexibility index (Phi) is 3.72. The summed E-state index contributed by atoms with van der Waals surface area (Å²) in [5.74, 6) is 5.15. The molecule has 2 N–H and O–H groups in total. The van der Waals surface area contributed by atoms with Crippen LogP contribution in [0.1, 0.15) is 5.56 Å². The topological polar surface area (TPSA) is 94.4 Å². The molecule has 0 spiro atoms. The summed E-state index contributed by atoms with van der Waals surface area (Å²) in [5.41, 5.74) is 1.85. The zero-order valence-electron chi connectivity index (χ0n) is 9.65. The summed E-state index contributed by atoms with van der Waals surface area (Å²) in [6.07, 6.45) is 1.60. The molecule has 6 nitrogen and oxygen atoms in total. The number of halogens is 1. The van der Waals surface area contributed by atoms with Crippen molar-refractivity contribution < 1.29 is 4.92 Å². The first-order valence-corrected chi connectivity index (χ1v) is 5.65. The van der Waals surface area contributed by atoms with Crippen LogP contribution >= 0.6 is 11.6 Å². The number of hydrogen-bond donors (Lipinski definition) is 1. The van der Waals surface area contributed by atoms with E-state index < -0.39 is 4.92 Å². The molecule has 0 bridgehead atoms. The summed E-state index contributed by atoms with van der Waals surface area (Å²) in [6, 6.07) is 9.44. The molecule has 0 aliphatic rings. The van der Waals surface area contributed by atoms with E-state index in [1.165, 1.54) is 12.1 Å². The average molecular weight is 277 g/mol. The van der Waals surface area contributed by atoms with Gasteiger partial charge in [0.2, 0.25) is 0 Å². The second-order valence-corrected chi connectivity index (χ2v) is 3.98. The van der Waals surface area contributed by atoms with Gasteiger partial charge in [0.15, 0.2) is 5.17 Å². The van der Waals surface area contributed by atoms with Crippen molar-refractivity contribution in [3.05, 3.63) is 58.3 Å². The van der Waals surface area contributed by atoms with E-state index in [1.807, 2.05) is 0 Å². The van der Waals surface area contributed by atoms with Crippen LogP contribution in [0, 0.1) is 10.1 Å². The van der Waals surface area contributed by atoms with Gasteiger partial charge in [-0.3, -0.25) is 15.1 Å². The number of nitrogens with zero attached hydrogens (tertiary/aromatic N) is 3. The van der Waals surface area contributed by atoms with E-state index in [0.717, 1.165) is 0 Å². The van der Waals surface area contributed by atoms with Crippen LogP contribution < -0.4 is 5.84 Å². The van der Waals surface area contributed by atoms with Crippen LogP contribution in [-0.4, -0.2) is 15.1 Å². The molecule has 0 fully saturated rings. The van der Waals surface area contributed by atoms with Gasteiger partial charge in [-0.05, 0) is 24.3 Å². The molecule has 96 valence electrons. The monoisotopic (exact) mass is 276 g/mol. The Morgan fingerprint density at radius 2 is 2.00 bits per heavy atom. The third-order valence-electron chi connectivity index (χ3n) is 2.49. The van der Waals surface area contributed by atoms with Crippen molar-refractivity contribution in [3.8, 4) is 11.3 Å². The first-order valence-electron chi connectivity index (χ1n) is 5.27. The minimum atomic E-state index is -0.461. The van der Waals surface area contributed by atoms with Crippen molar-refractivity contribution >= 4 is 22.5 Å². The van der Waals surface area contributed by atoms with E-state index in [2.05, 4.69) is 10.1 Å². The van der Waals surface area contributed by atoms with E-state index >= 15 is 0 Å². The number of nitro groups is 1. The SMILES string of the molecule is NN=C(Cl)c1cccnc1-c1ccc([N+](=O)[O-])cc1. The van der Waals surface area contributed by atoms with Gasteiger partial charge in [0.25, 0.3) is 5.69 Å². The molecule has 1 aromatic heterocycles. The lowest BCUT2D eigenvalue weighted by Gasteiger charge is -2.06. The van der Waals surface area contributed by atoms with Crippen LogP contribution in [0.3, 0.4) is 0 Å². The van der Waals surface area contributed by atoms with Crippen molar-refractivity contribution in [1.82, 2.24) is 4.98 Å². The van der Waals surface area contributed by atoms with Crippen LogP contribution in [0.15, 0.2) is 47.7 Å². The molecular weight excluding hydrogens is 268 g/mol. The smallest absolute Gasteiger partial charge is 0.269 e. The summed E-state index contributed by atoms with van der Waals surface area (Å²) >= 11 is 5.90. The third kappa shape index (κ3) is 2.69. The number of nitro benzene ring substituents is 1. The number of hydrogen-bond acceptors (Lipinski definition) is 5. The Morgan fingerprint density at radius 3 is 2.58 bits per heavy atom. The second kappa shape index (κ2) is 5.45. The summed E-state index contributed by atoms with van der Waals surface area (Å²) < 4.78 is 0. The number of hydrazone groups is 1. The molecule has 1 aromatic carbocycles. The van der Waals surface area contributed by atoms with Crippen LogP contribution in [0.2, 0.25) is 0 Å². The van der Waals surface area contributed by atoms with Crippen LogP contribution in [0.25, 0.3) is 11.3 Å². The molecule has 0 unspecified atom stereocenters. The van der Waals surface area contributed by atoms with Gasteiger partial charge in [-0.1, -0.05) is 11.6 Å². The number of benzene rings is 1. The Morgan fingerprint density at radius 1 is 1.32 bits per heavy atom. The van der Waals surface area contributed by atoms with Crippen molar-refractivity contribution in [1.29, 1.82) is 0 Å². The van der Waals surface area contributed by atoms with E-state index in [1.54, 1.807) is 30.5 Å². The minimum Gasteiger partial charge on any atom is -0.322 e. The first-order chi connectivity index (χ1) is 9.13. The van der Waals surface area contributed by atoms with Gasteiger partial charge in [0.1, 0.15) is 0 Å². The minimum absolute atomic E-state index is 0.0137. The number of nitrogens with two attached hydrogens (primary N) is 1. The number of aromatic nitrogens is 1. The molecule has 0 radical (unpaired) electrons. The van der Waals surface area contributed by atoms with Crippen molar-refractivity contribution in [2.24, 2.45) is 10.9 Å². The maximum Gasteiger partial charge on any atom is 0.269 e. The fraction of sp³-hybridized carbons (Fsp3) is 0. The maximum atomic E-state index is 10.6. The predicted molar refractivity (Wildman–Crippen MR) is 72.9 cm³/mol. The largest absolute Gasteiger partial charge is 0.322 e. The number of pyridine rings is 1. The highest BCUT2D eigenvalue weighted by Gasteiger charge is 2.12. The van der Waals surface area contributed by atoms with E-state index in [4.69, 9.17) is 17.4 Å². The van der Waals surface area contributed by atoms with Crippen molar-refractivity contribution in [3.63, 3.8) is 0 Å². The van der Waals surface area contributed by atoms with Crippen molar-refractivity contribution in [2.75, 3.05) is 0 Å². The fourth-order valence-corrected chi connectivity index (χ4v) is 1.76. The molecular formula is C12H9ClN4O2. The predicted octanol–water partition coefficient (Wildman–Crippen LogP) is 2.52. The number of non-ortho nitro benzene ring substituents is 1. The quantitative estimate of drug-likeness (QED) is 0.403. The lowest BCUT2D eigenvalue weighted by Crippen LogP contribution is -2.00. The summed E-state index contributed by atoms with van der Waals surface area (Å²) in [7, 11) is 0. The lowest BCUT2D eigenvalue weighted by atomic mass is 10.1. The third-order valence-corrected chi connectivity index (χ3v) is 2.80. The highest BCUT2D eigenvalue weighted by Crippen LogP contribution is 2.24. The van der Waals surface area contributed by atoms with Gasteiger partial charge in [-0.2, -0.15) is 5.10 Å². The van der Waals surface area contributed by atoms with Gasteiger partial charge >= 0.3 is 0 Å². The molecule has 0 atom stereocenters. The van der Waals surface area contributed by atoms with Crippen LogP contribution in [0.5, 0.6) is 0 Å².